The summed E-state index contributed by atoms with van der Waals surface area (Å²) >= 11 is 14.2. The standard InChI is InChI=1S/2C24H17Br2NO5.2CH4.BrH/c2*1-12(28)32-9-8-13-10-16(25)22(17(26)11-13)27-18-6-7-19(29)21-20(18)23(30)14-4-2-3-5-15(14)24(21)31;;;/h2*2-7,10-11,27,29H,8-9H2,1H3;2*1H4;1H. The minimum atomic E-state index is -0.393. The van der Waals surface area contributed by atoms with Gasteiger partial charge in [0.15, 0.2) is 23.0 Å². The molecular formula is C50H43Br5N2O10. The van der Waals surface area contributed by atoms with Gasteiger partial charge in [0, 0.05) is 64.0 Å². The number of ether oxygens (including phenoxy) is 2. The number of esters is 2. The lowest BCUT2D eigenvalue weighted by molar-refractivity contribution is -0.480. The van der Waals surface area contributed by atoms with Gasteiger partial charge in [-0.3, -0.25) is 34.1 Å². The molecule has 0 heterocycles. The molecular weight excluding hydrogens is 1190 g/mol. The number of fused-ring (bicyclic) bond motifs is 4. The summed E-state index contributed by atoms with van der Waals surface area (Å²) in [6, 6.07) is 26.8. The Morgan fingerprint density at radius 3 is 1.36 bits per heavy atom. The number of carbonyl (C=O) groups is 6. The second-order valence-electron chi connectivity index (χ2n) is 14.6. The fraction of sp³-hybridized carbons (Fsp3) is 0.160. The number of aromatic hydroxyl groups is 2. The highest BCUT2D eigenvalue weighted by molar-refractivity contribution is 9.11. The molecule has 17 heteroatoms. The van der Waals surface area contributed by atoms with Crippen LogP contribution in [0.3, 0.4) is 0 Å². The van der Waals surface area contributed by atoms with Crippen LogP contribution in [-0.2, 0) is 31.9 Å². The van der Waals surface area contributed by atoms with E-state index in [9.17, 15) is 39.0 Å². The van der Waals surface area contributed by atoms with Crippen LogP contribution in [0.4, 0.5) is 22.7 Å². The van der Waals surface area contributed by atoms with Gasteiger partial charge in [0.05, 0.1) is 55.8 Å². The third-order valence-corrected chi connectivity index (χ3v) is 12.9. The molecule has 2 aliphatic rings. The maximum absolute atomic E-state index is 13.3. The predicted molar refractivity (Wildman–Crippen MR) is 265 cm³/mol. The quantitative estimate of drug-likeness (QED) is 0.0588. The van der Waals surface area contributed by atoms with E-state index in [-0.39, 0.29) is 119 Å². The fourth-order valence-corrected chi connectivity index (χ4v) is 10.4. The Kier molecular flexibility index (Phi) is 18.8. The van der Waals surface area contributed by atoms with Crippen LogP contribution in [0.1, 0.15) is 104 Å². The lowest BCUT2D eigenvalue weighted by Crippen LogP contribution is -3.00. The minimum Gasteiger partial charge on any atom is -1.00 e. The van der Waals surface area contributed by atoms with Gasteiger partial charge in [-0.1, -0.05) is 63.4 Å². The van der Waals surface area contributed by atoms with Gasteiger partial charge >= 0.3 is 11.9 Å². The number of quaternary nitrogens is 1. The van der Waals surface area contributed by atoms with Crippen molar-refractivity contribution in [3.63, 3.8) is 0 Å². The molecule has 0 atom stereocenters. The first-order valence-corrected chi connectivity index (χ1v) is 22.7. The average Bonchev–Trinajstić information content (AvgIpc) is 3.25. The lowest BCUT2D eigenvalue weighted by Gasteiger charge is -2.22. The van der Waals surface area contributed by atoms with Crippen LogP contribution in [0.5, 0.6) is 11.5 Å². The van der Waals surface area contributed by atoms with Crippen molar-refractivity contribution < 1.29 is 70.8 Å². The number of rotatable bonds is 10. The SMILES string of the molecule is C.C.CC(=O)OCCc1cc(Br)c(Nc2ccc(O)c3c2C(=O)c2ccccc2C3=O)c(Br)c1.CC(=O)OCCc1cc(Br)c([NH2+]c2ccc(O)c3c2C(=O)c2ccccc2C3=O)c(Br)c1.[Br-]. The summed E-state index contributed by atoms with van der Waals surface area (Å²) in [6.45, 7) is 3.27. The van der Waals surface area contributed by atoms with E-state index < -0.39 is 5.78 Å². The second-order valence-corrected chi connectivity index (χ2v) is 18.0. The monoisotopic (exact) mass is 1230 g/mol. The highest BCUT2D eigenvalue weighted by atomic mass is 79.9. The molecule has 0 spiro atoms. The normalized spacial score (nSPS) is 11.7. The molecule has 0 fully saturated rings. The van der Waals surface area contributed by atoms with Gasteiger partial charge in [-0.25, -0.2) is 0 Å². The van der Waals surface area contributed by atoms with Gasteiger partial charge in [-0.05, 0) is 117 Å². The van der Waals surface area contributed by atoms with Crippen LogP contribution in [0, 0.1) is 0 Å². The molecule has 5 N–H and O–H groups in total. The van der Waals surface area contributed by atoms with Crippen molar-refractivity contribution in [1.82, 2.24) is 0 Å². The van der Waals surface area contributed by atoms with Gasteiger partial charge in [-0.15, -0.1) is 0 Å². The number of carbonyl (C=O) groups excluding carboxylic acids is 6. The number of nitrogens with two attached hydrogens (primary N) is 1. The summed E-state index contributed by atoms with van der Waals surface area (Å²) in [6.07, 6.45) is 1.09. The molecule has 8 rings (SSSR count). The molecule has 348 valence electrons. The number of phenols is 2. The van der Waals surface area contributed by atoms with E-state index >= 15 is 0 Å². The molecule has 0 unspecified atom stereocenters. The number of nitrogens with one attached hydrogen (secondary N) is 1. The Bertz CT molecular complexity index is 2730. The van der Waals surface area contributed by atoms with E-state index in [0.29, 0.717) is 50.0 Å². The van der Waals surface area contributed by atoms with Crippen LogP contribution in [0.2, 0.25) is 0 Å². The predicted octanol–water partition coefficient (Wildman–Crippen LogP) is 8.14. The van der Waals surface area contributed by atoms with Crippen LogP contribution < -0.4 is 27.6 Å². The smallest absolute Gasteiger partial charge is 0.302 e. The van der Waals surface area contributed by atoms with E-state index in [0.717, 1.165) is 25.8 Å². The van der Waals surface area contributed by atoms with Crippen LogP contribution in [-0.4, -0.2) is 58.5 Å². The number of phenolic OH excluding ortho intramolecular Hbond substituents is 2. The minimum absolute atomic E-state index is 0. The van der Waals surface area contributed by atoms with Crippen molar-refractivity contribution in [1.29, 1.82) is 0 Å². The summed E-state index contributed by atoms with van der Waals surface area (Å²) < 4.78 is 13.0. The Morgan fingerprint density at radius 1 is 0.552 bits per heavy atom. The first-order valence-electron chi connectivity index (χ1n) is 19.5. The zero-order chi connectivity index (χ0) is 46.0. The molecule has 0 bridgehead atoms. The average molecular weight is 1230 g/mol. The molecule has 2 aliphatic carbocycles. The van der Waals surface area contributed by atoms with Crippen molar-refractivity contribution in [3.8, 4) is 11.5 Å². The molecule has 0 aromatic heterocycles. The number of hydrogen-bond acceptors (Lipinski definition) is 11. The molecule has 0 saturated heterocycles. The van der Waals surface area contributed by atoms with Crippen LogP contribution >= 0.6 is 63.7 Å². The molecule has 6 aromatic rings. The van der Waals surface area contributed by atoms with E-state index in [1.807, 2.05) is 24.3 Å². The van der Waals surface area contributed by atoms with Crippen LogP contribution in [0.25, 0.3) is 0 Å². The Morgan fingerprint density at radius 2 is 0.925 bits per heavy atom. The van der Waals surface area contributed by atoms with E-state index in [4.69, 9.17) is 9.47 Å². The number of halogens is 5. The van der Waals surface area contributed by atoms with E-state index in [1.54, 1.807) is 66.0 Å². The first-order chi connectivity index (χ1) is 30.5. The van der Waals surface area contributed by atoms with Gasteiger partial charge in [0.25, 0.3) is 0 Å². The molecule has 0 radical (unpaired) electrons. The molecule has 0 saturated carbocycles. The van der Waals surface area contributed by atoms with Crippen molar-refractivity contribution in [2.24, 2.45) is 0 Å². The molecule has 0 aliphatic heterocycles. The van der Waals surface area contributed by atoms with E-state index in [1.165, 1.54) is 26.0 Å². The van der Waals surface area contributed by atoms with E-state index in [2.05, 4.69) is 69.0 Å². The summed E-state index contributed by atoms with van der Waals surface area (Å²) in [7, 11) is 0. The van der Waals surface area contributed by atoms with Gasteiger partial charge in [-0.2, -0.15) is 0 Å². The second kappa shape index (κ2) is 23.1. The Labute approximate surface area is 431 Å². The van der Waals surface area contributed by atoms with Crippen LogP contribution in [0.15, 0.2) is 115 Å². The van der Waals surface area contributed by atoms with Gasteiger partial charge < -0.3 is 42.0 Å². The van der Waals surface area contributed by atoms with Gasteiger partial charge in [0.2, 0.25) is 5.78 Å². The van der Waals surface area contributed by atoms with Crippen molar-refractivity contribution >= 4 is 122 Å². The molecule has 0 amide bonds. The highest BCUT2D eigenvalue weighted by Crippen LogP contribution is 2.42. The number of hydrogen-bond donors (Lipinski definition) is 4. The maximum Gasteiger partial charge on any atom is 0.302 e. The lowest BCUT2D eigenvalue weighted by atomic mass is 9.82. The third kappa shape index (κ3) is 11.5. The molecule has 12 nitrogen and oxygen atoms in total. The zero-order valence-electron chi connectivity index (χ0n) is 34.2. The largest absolute Gasteiger partial charge is 1.00 e. The van der Waals surface area contributed by atoms with Crippen molar-refractivity contribution in [2.45, 2.75) is 41.5 Å². The number of ketones is 4. The summed E-state index contributed by atoms with van der Waals surface area (Å²) in [5.41, 5.74) is 5.75. The number of anilines is 2. The maximum atomic E-state index is 13.3. The first kappa shape index (κ1) is 54.3. The Hall–Kier alpha value is -5.30. The molecule has 6 aromatic carbocycles. The van der Waals surface area contributed by atoms with Gasteiger partial charge in [0.1, 0.15) is 17.2 Å². The summed E-state index contributed by atoms with van der Waals surface area (Å²) in [4.78, 5) is 74.5. The zero-order valence-corrected chi connectivity index (χ0v) is 42.1. The summed E-state index contributed by atoms with van der Waals surface area (Å²) in [5.74, 6) is -2.52. The van der Waals surface area contributed by atoms with Crippen molar-refractivity contribution in [3.05, 3.63) is 171 Å². The van der Waals surface area contributed by atoms with Crippen molar-refractivity contribution in [2.75, 3.05) is 18.5 Å². The molecule has 67 heavy (non-hydrogen) atoms. The topological polar surface area (TPSA) is 190 Å². The fourth-order valence-electron chi connectivity index (χ4n) is 7.38. The summed E-state index contributed by atoms with van der Waals surface area (Å²) in [5, 5.41) is 25.8. The Balaban J connectivity index is 0.000000280. The number of benzene rings is 6. The third-order valence-electron chi connectivity index (χ3n) is 10.3. The highest BCUT2D eigenvalue weighted by Gasteiger charge is 2.37.